The van der Waals surface area contributed by atoms with E-state index in [2.05, 4.69) is 42.2 Å². The number of nitrogens with one attached hydrogen (secondary N) is 1. The van der Waals surface area contributed by atoms with E-state index in [1.165, 1.54) is 11.8 Å². The number of aliphatic imine (C=N–C) groups is 1. The second-order valence-electron chi connectivity index (χ2n) is 7.20. The van der Waals surface area contributed by atoms with Gasteiger partial charge < -0.3 is 14.8 Å². The van der Waals surface area contributed by atoms with Crippen molar-refractivity contribution in [3.05, 3.63) is 91.2 Å². The zero-order valence-corrected chi connectivity index (χ0v) is 21.9. The third kappa shape index (κ3) is 5.88. The van der Waals surface area contributed by atoms with Crippen LogP contribution in [-0.4, -0.2) is 18.2 Å². The van der Waals surface area contributed by atoms with E-state index in [9.17, 15) is 4.79 Å². The first-order valence-corrected chi connectivity index (χ1v) is 12.4. The Morgan fingerprint density at radius 1 is 1.06 bits per heavy atom. The molecular formula is C25H20Br2N2O3S. The summed E-state index contributed by atoms with van der Waals surface area (Å²) in [5.41, 5.74) is 3.74. The minimum absolute atomic E-state index is 0.174. The lowest BCUT2D eigenvalue weighted by Gasteiger charge is -2.12. The predicted molar refractivity (Wildman–Crippen MR) is 141 cm³/mol. The summed E-state index contributed by atoms with van der Waals surface area (Å²) in [4.78, 5) is 17.6. The maximum absolute atomic E-state index is 12.5. The third-order valence-corrected chi connectivity index (χ3v) is 7.01. The van der Waals surface area contributed by atoms with Gasteiger partial charge in [0, 0.05) is 14.5 Å². The van der Waals surface area contributed by atoms with Gasteiger partial charge in [0.1, 0.15) is 6.61 Å². The van der Waals surface area contributed by atoms with Crippen LogP contribution < -0.4 is 14.8 Å². The highest BCUT2D eigenvalue weighted by molar-refractivity contribution is 9.11. The van der Waals surface area contributed by atoms with Gasteiger partial charge >= 0.3 is 0 Å². The zero-order chi connectivity index (χ0) is 23.4. The van der Waals surface area contributed by atoms with Gasteiger partial charge in [-0.1, -0.05) is 62.2 Å². The molecule has 168 valence electrons. The van der Waals surface area contributed by atoms with Gasteiger partial charge in [0.25, 0.3) is 5.91 Å². The third-order valence-electron chi connectivity index (χ3n) is 4.87. The molecule has 0 saturated carbocycles. The summed E-state index contributed by atoms with van der Waals surface area (Å²) < 4.78 is 13.5. The number of carbonyl (C=O) groups is 1. The lowest BCUT2D eigenvalue weighted by molar-refractivity contribution is -0.115. The van der Waals surface area contributed by atoms with E-state index >= 15 is 0 Å². The molecule has 8 heteroatoms. The lowest BCUT2D eigenvalue weighted by Crippen LogP contribution is -2.19. The zero-order valence-electron chi connectivity index (χ0n) is 17.9. The molecule has 1 amide bonds. The van der Waals surface area contributed by atoms with Gasteiger partial charge in [-0.15, -0.1) is 0 Å². The van der Waals surface area contributed by atoms with E-state index in [4.69, 9.17) is 9.47 Å². The van der Waals surface area contributed by atoms with Gasteiger partial charge in [-0.25, -0.2) is 4.99 Å². The number of halogens is 2. The molecule has 1 heterocycles. The summed E-state index contributed by atoms with van der Waals surface area (Å²) in [5.74, 6) is 1.04. The Balaban J connectivity index is 1.50. The number of amidine groups is 1. The first-order chi connectivity index (χ1) is 15.9. The lowest BCUT2D eigenvalue weighted by atomic mass is 10.2. The molecule has 0 bridgehead atoms. The Hall–Kier alpha value is -2.55. The van der Waals surface area contributed by atoms with Crippen molar-refractivity contribution >= 4 is 66.5 Å². The number of benzene rings is 3. The van der Waals surface area contributed by atoms with Crippen LogP contribution in [0.5, 0.6) is 11.5 Å². The minimum Gasteiger partial charge on any atom is -0.493 e. The number of ether oxygens (including phenoxy) is 2. The van der Waals surface area contributed by atoms with Crippen LogP contribution in [0.15, 0.2) is 79.5 Å². The Kier molecular flexibility index (Phi) is 7.57. The number of carbonyl (C=O) groups excluding carboxylic acids is 1. The SMILES string of the molecule is COc1cc(/C=C2\SC(=Nc3ccccc3C)NC2=O)ccc1OCc1ccc(Br)cc1Br. The molecule has 1 aliphatic rings. The fraction of sp³-hybridized carbons (Fsp3) is 0.120. The number of para-hydroxylation sites is 1. The first-order valence-electron chi connectivity index (χ1n) is 10.0. The van der Waals surface area contributed by atoms with E-state index in [1.807, 2.05) is 73.7 Å². The molecule has 1 fully saturated rings. The Bertz CT molecular complexity index is 1270. The van der Waals surface area contributed by atoms with Gasteiger partial charge in [-0.05, 0) is 66.2 Å². The molecule has 4 rings (SSSR count). The maximum Gasteiger partial charge on any atom is 0.264 e. The van der Waals surface area contributed by atoms with Crippen LogP contribution in [0.3, 0.4) is 0 Å². The largest absolute Gasteiger partial charge is 0.493 e. The van der Waals surface area contributed by atoms with E-state index in [0.717, 1.165) is 31.3 Å². The molecule has 1 N–H and O–H groups in total. The monoisotopic (exact) mass is 586 g/mol. The van der Waals surface area contributed by atoms with Crippen molar-refractivity contribution in [3.8, 4) is 11.5 Å². The summed E-state index contributed by atoms with van der Waals surface area (Å²) in [7, 11) is 1.60. The fourth-order valence-electron chi connectivity index (χ4n) is 3.12. The number of nitrogens with zero attached hydrogens (tertiary/aromatic N) is 1. The van der Waals surface area contributed by atoms with Gasteiger partial charge in [0.15, 0.2) is 16.7 Å². The summed E-state index contributed by atoms with van der Waals surface area (Å²) in [6, 6.07) is 19.3. The van der Waals surface area contributed by atoms with E-state index in [0.29, 0.717) is 28.2 Å². The van der Waals surface area contributed by atoms with Gasteiger partial charge in [0.2, 0.25) is 0 Å². The van der Waals surface area contributed by atoms with Crippen LogP contribution >= 0.6 is 43.6 Å². The highest BCUT2D eigenvalue weighted by Gasteiger charge is 2.24. The van der Waals surface area contributed by atoms with Crippen LogP contribution in [0.1, 0.15) is 16.7 Å². The maximum atomic E-state index is 12.5. The highest BCUT2D eigenvalue weighted by atomic mass is 79.9. The van der Waals surface area contributed by atoms with Crippen molar-refractivity contribution in [1.29, 1.82) is 0 Å². The highest BCUT2D eigenvalue weighted by Crippen LogP contribution is 2.33. The molecule has 3 aromatic rings. The molecule has 1 aliphatic heterocycles. The molecule has 0 spiro atoms. The number of thioether (sulfide) groups is 1. The van der Waals surface area contributed by atoms with E-state index < -0.39 is 0 Å². The smallest absolute Gasteiger partial charge is 0.264 e. The van der Waals surface area contributed by atoms with Crippen LogP contribution in [0, 0.1) is 6.92 Å². The topological polar surface area (TPSA) is 59.9 Å². The molecule has 33 heavy (non-hydrogen) atoms. The normalized spacial score (nSPS) is 15.7. The predicted octanol–water partition coefficient (Wildman–Crippen LogP) is 7.00. The van der Waals surface area contributed by atoms with Crippen LogP contribution in [0.4, 0.5) is 5.69 Å². The Morgan fingerprint density at radius 2 is 1.88 bits per heavy atom. The molecule has 0 atom stereocenters. The van der Waals surface area contributed by atoms with Gasteiger partial charge in [-0.3, -0.25) is 4.79 Å². The van der Waals surface area contributed by atoms with Crippen LogP contribution in [-0.2, 0) is 11.4 Å². The van der Waals surface area contributed by atoms with Crippen molar-refractivity contribution in [1.82, 2.24) is 5.32 Å². The summed E-state index contributed by atoms with van der Waals surface area (Å²) in [5, 5.41) is 3.39. The number of amides is 1. The summed E-state index contributed by atoms with van der Waals surface area (Å²) in [6.07, 6.45) is 1.82. The Labute approximate surface area is 213 Å². The minimum atomic E-state index is -0.174. The second-order valence-corrected chi connectivity index (χ2v) is 10.0. The Morgan fingerprint density at radius 3 is 2.64 bits per heavy atom. The molecular weight excluding hydrogens is 568 g/mol. The molecule has 3 aromatic carbocycles. The second kappa shape index (κ2) is 10.6. The molecule has 5 nitrogen and oxygen atoms in total. The van der Waals surface area contributed by atoms with Gasteiger partial charge in [0.05, 0.1) is 17.7 Å². The van der Waals surface area contributed by atoms with Crippen molar-refractivity contribution in [2.45, 2.75) is 13.5 Å². The molecule has 0 unspecified atom stereocenters. The number of hydrogen-bond donors (Lipinski definition) is 1. The van der Waals surface area contributed by atoms with Crippen molar-refractivity contribution in [3.63, 3.8) is 0 Å². The van der Waals surface area contributed by atoms with Crippen LogP contribution in [0.25, 0.3) is 6.08 Å². The number of hydrogen-bond acceptors (Lipinski definition) is 5. The number of rotatable bonds is 6. The van der Waals surface area contributed by atoms with Crippen LogP contribution in [0.2, 0.25) is 0 Å². The first kappa shape index (κ1) is 23.6. The quantitative estimate of drug-likeness (QED) is 0.315. The molecule has 0 aliphatic carbocycles. The van der Waals surface area contributed by atoms with Crippen molar-refractivity contribution < 1.29 is 14.3 Å². The standard InChI is InChI=1S/C25H20Br2N2O3S/c1-15-5-3-4-6-20(15)28-25-29-24(30)23(33-25)12-16-7-10-21(22(11-16)31-2)32-14-17-8-9-18(26)13-19(17)27/h3-13H,14H2,1-2H3,(H,28,29,30)/b23-12-. The van der Waals surface area contributed by atoms with E-state index in [1.54, 1.807) is 7.11 Å². The van der Waals surface area contributed by atoms with E-state index in [-0.39, 0.29) is 5.91 Å². The number of methoxy groups -OCH3 is 1. The average molecular weight is 588 g/mol. The number of aryl methyl sites for hydroxylation is 1. The summed E-state index contributed by atoms with van der Waals surface area (Å²) in [6.45, 7) is 2.38. The molecule has 1 saturated heterocycles. The molecule has 0 radical (unpaired) electrons. The van der Waals surface area contributed by atoms with Gasteiger partial charge in [-0.2, -0.15) is 0 Å². The summed E-state index contributed by atoms with van der Waals surface area (Å²) >= 11 is 8.32. The van der Waals surface area contributed by atoms with Crippen molar-refractivity contribution in [2.24, 2.45) is 4.99 Å². The average Bonchev–Trinajstić information content (AvgIpc) is 3.13. The fourth-order valence-corrected chi connectivity index (χ4v) is 5.11. The van der Waals surface area contributed by atoms with Crippen molar-refractivity contribution in [2.75, 3.05) is 7.11 Å². The molecule has 0 aromatic heterocycles.